The molecule has 0 bridgehead atoms. The molecule has 1 heterocycles. The number of H-pyrrole nitrogens is 1. The first kappa shape index (κ1) is 14.6. The number of halogens is 1. The summed E-state index contributed by atoms with van der Waals surface area (Å²) in [5, 5.41) is 35.8. The second-order valence-electron chi connectivity index (χ2n) is 3.92. The Morgan fingerprint density at radius 1 is 1.62 bits per heavy atom. The summed E-state index contributed by atoms with van der Waals surface area (Å²) in [6.45, 7) is 1.72. The number of rotatable bonds is 4. The molecule has 10 heteroatoms. The van der Waals surface area contributed by atoms with E-state index < -0.39 is 4.92 Å². The second-order valence-corrected chi connectivity index (χ2v) is 4.84. The first-order valence-electron chi connectivity index (χ1n) is 5.58. The average Bonchev–Trinajstić information content (AvgIpc) is 2.94. The smallest absolute Gasteiger partial charge is 0.294 e. The van der Waals surface area contributed by atoms with Gasteiger partial charge in [-0.2, -0.15) is 10.5 Å². The van der Waals surface area contributed by atoms with Crippen molar-refractivity contribution in [1.82, 2.24) is 20.6 Å². The number of nitro benzene ring substituents is 1. The molecule has 0 unspecified atom stereocenters. The van der Waals surface area contributed by atoms with Crippen LogP contribution in [-0.4, -0.2) is 25.5 Å². The average molecular weight is 350 g/mol. The van der Waals surface area contributed by atoms with Gasteiger partial charge < -0.3 is 5.32 Å². The number of aromatic amines is 1. The summed E-state index contributed by atoms with van der Waals surface area (Å²) in [5.74, 6) is 0.0995. The number of aromatic nitrogens is 4. The predicted octanol–water partition coefficient (Wildman–Crippen LogP) is 2.16. The fourth-order valence-corrected chi connectivity index (χ4v) is 2.18. The summed E-state index contributed by atoms with van der Waals surface area (Å²) < 4.78 is 0.597. The molecule has 0 saturated carbocycles. The van der Waals surface area contributed by atoms with Crippen molar-refractivity contribution in [2.45, 2.75) is 6.92 Å². The van der Waals surface area contributed by atoms with Gasteiger partial charge >= 0.3 is 0 Å². The third-order valence-electron chi connectivity index (χ3n) is 2.54. The Morgan fingerprint density at radius 2 is 2.38 bits per heavy atom. The molecule has 0 atom stereocenters. The minimum absolute atomic E-state index is 0.0976. The lowest BCUT2D eigenvalue weighted by Gasteiger charge is -2.07. The maximum atomic E-state index is 11.1. The van der Waals surface area contributed by atoms with Crippen LogP contribution in [0.3, 0.4) is 0 Å². The van der Waals surface area contributed by atoms with E-state index in [4.69, 9.17) is 5.26 Å². The number of nitro groups is 1. The first-order chi connectivity index (χ1) is 10.0. The second kappa shape index (κ2) is 6.10. The van der Waals surface area contributed by atoms with E-state index in [1.807, 2.05) is 6.07 Å². The molecule has 2 aromatic rings. The number of anilines is 1. The SMILES string of the molecule is Cc1cc(Br)cc([N+](=O)[O-])c1NC=C(C#N)c1nn[nH]n1. The predicted molar refractivity (Wildman–Crippen MR) is 76.9 cm³/mol. The van der Waals surface area contributed by atoms with Crippen LogP contribution in [-0.2, 0) is 0 Å². The number of hydrogen-bond acceptors (Lipinski definition) is 7. The Labute approximate surface area is 126 Å². The Morgan fingerprint density at radius 3 is 2.95 bits per heavy atom. The number of allylic oxidation sites excluding steroid dienone is 1. The number of nitriles is 1. The van der Waals surface area contributed by atoms with Crippen LogP contribution in [0.2, 0.25) is 0 Å². The van der Waals surface area contributed by atoms with Gasteiger partial charge in [0.2, 0.25) is 5.82 Å². The summed E-state index contributed by atoms with van der Waals surface area (Å²) in [6, 6.07) is 4.99. The Kier molecular flexibility index (Phi) is 4.24. The van der Waals surface area contributed by atoms with Crippen molar-refractivity contribution in [2.24, 2.45) is 0 Å². The number of tetrazole rings is 1. The van der Waals surface area contributed by atoms with Gasteiger partial charge in [0.25, 0.3) is 5.69 Å². The molecule has 0 saturated heterocycles. The lowest BCUT2D eigenvalue weighted by Crippen LogP contribution is -2.00. The summed E-state index contributed by atoms with van der Waals surface area (Å²) in [6.07, 6.45) is 1.30. The monoisotopic (exact) mass is 349 g/mol. The highest BCUT2D eigenvalue weighted by atomic mass is 79.9. The minimum Gasteiger partial charge on any atom is -0.354 e. The van der Waals surface area contributed by atoms with Gasteiger partial charge in [-0.1, -0.05) is 15.9 Å². The Bertz CT molecular complexity index is 749. The van der Waals surface area contributed by atoms with Gasteiger partial charge in [0, 0.05) is 16.7 Å². The van der Waals surface area contributed by atoms with Crippen LogP contribution in [0.25, 0.3) is 5.57 Å². The summed E-state index contributed by atoms with van der Waals surface area (Å²) in [4.78, 5) is 10.6. The molecule has 9 nitrogen and oxygen atoms in total. The van der Waals surface area contributed by atoms with Crippen LogP contribution in [0, 0.1) is 28.4 Å². The van der Waals surface area contributed by atoms with Gasteiger partial charge in [0.1, 0.15) is 17.3 Å². The molecular weight excluding hydrogens is 342 g/mol. The van der Waals surface area contributed by atoms with Crippen LogP contribution in [0.5, 0.6) is 0 Å². The molecule has 0 spiro atoms. The summed E-state index contributed by atoms with van der Waals surface area (Å²) in [5.41, 5.74) is 0.932. The normalized spacial score (nSPS) is 11.0. The molecule has 1 aromatic carbocycles. The van der Waals surface area contributed by atoms with E-state index in [1.54, 1.807) is 13.0 Å². The van der Waals surface area contributed by atoms with E-state index in [1.165, 1.54) is 12.3 Å². The van der Waals surface area contributed by atoms with Crippen molar-refractivity contribution in [1.29, 1.82) is 5.26 Å². The lowest BCUT2D eigenvalue weighted by atomic mass is 10.1. The van der Waals surface area contributed by atoms with E-state index in [0.717, 1.165) is 0 Å². The minimum atomic E-state index is -0.506. The maximum Gasteiger partial charge on any atom is 0.294 e. The van der Waals surface area contributed by atoms with E-state index in [0.29, 0.717) is 15.7 Å². The fourth-order valence-electron chi connectivity index (χ4n) is 1.62. The number of benzene rings is 1. The molecule has 0 aliphatic carbocycles. The van der Waals surface area contributed by atoms with Crippen molar-refractivity contribution in [3.8, 4) is 6.07 Å². The van der Waals surface area contributed by atoms with Crippen LogP contribution in [0.15, 0.2) is 22.8 Å². The lowest BCUT2D eigenvalue weighted by molar-refractivity contribution is -0.384. The van der Waals surface area contributed by atoms with E-state index >= 15 is 0 Å². The summed E-state index contributed by atoms with van der Waals surface area (Å²) >= 11 is 3.21. The van der Waals surface area contributed by atoms with Crippen LogP contribution in [0.4, 0.5) is 11.4 Å². The van der Waals surface area contributed by atoms with Gasteiger partial charge in [-0.05, 0) is 23.8 Å². The molecule has 1 aromatic heterocycles. The highest BCUT2D eigenvalue weighted by molar-refractivity contribution is 9.10. The third kappa shape index (κ3) is 3.21. The van der Waals surface area contributed by atoms with Gasteiger partial charge in [-0.25, -0.2) is 0 Å². The quantitative estimate of drug-likeness (QED) is 0.490. The molecule has 2 rings (SSSR count). The van der Waals surface area contributed by atoms with E-state index in [-0.39, 0.29) is 17.1 Å². The van der Waals surface area contributed by atoms with Crippen molar-refractivity contribution in [3.05, 3.63) is 44.3 Å². The van der Waals surface area contributed by atoms with Gasteiger partial charge in [0.15, 0.2) is 0 Å². The molecule has 0 radical (unpaired) electrons. The first-order valence-corrected chi connectivity index (χ1v) is 6.37. The molecule has 0 aliphatic heterocycles. The molecule has 0 amide bonds. The number of nitrogens with one attached hydrogen (secondary N) is 2. The molecular formula is C11H8BrN7O2. The highest BCUT2D eigenvalue weighted by Gasteiger charge is 2.17. The van der Waals surface area contributed by atoms with E-state index in [9.17, 15) is 10.1 Å². The van der Waals surface area contributed by atoms with Crippen molar-refractivity contribution < 1.29 is 4.92 Å². The topological polar surface area (TPSA) is 133 Å². The van der Waals surface area contributed by atoms with Crippen molar-refractivity contribution >= 4 is 32.9 Å². The Hall–Kier alpha value is -2.80. The zero-order chi connectivity index (χ0) is 15.4. The highest BCUT2D eigenvalue weighted by Crippen LogP contribution is 2.32. The number of aryl methyl sites for hydroxylation is 1. The molecule has 106 valence electrons. The van der Waals surface area contributed by atoms with E-state index in [2.05, 4.69) is 41.9 Å². The third-order valence-corrected chi connectivity index (χ3v) is 3.00. The van der Waals surface area contributed by atoms with Crippen molar-refractivity contribution in [2.75, 3.05) is 5.32 Å². The molecule has 21 heavy (non-hydrogen) atoms. The maximum absolute atomic E-state index is 11.1. The van der Waals surface area contributed by atoms with Gasteiger partial charge in [-0.15, -0.1) is 10.2 Å². The zero-order valence-electron chi connectivity index (χ0n) is 10.7. The van der Waals surface area contributed by atoms with Crippen LogP contribution in [0.1, 0.15) is 11.4 Å². The largest absolute Gasteiger partial charge is 0.354 e. The number of nitrogens with zero attached hydrogens (tertiary/aromatic N) is 5. The molecule has 0 fully saturated rings. The Balaban J connectivity index is 2.40. The number of hydrogen-bond donors (Lipinski definition) is 2. The van der Waals surface area contributed by atoms with Crippen LogP contribution < -0.4 is 5.32 Å². The molecule has 0 aliphatic rings. The van der Waals surface area contributed by atoms with Crippen LogP contribution >= 0.6 is 15.9 Å². The standard InChI is InChI=1S/C11H8BrN7O2/c1-6-2-8(12)3-9(19(20)21)10(6)14-5-7(4-13)11-15-17-18-16-11/h2-3,5,14H,1H3,(H,15,16,17,18). The van der Waals surface area contributed by atoms with Crippen molar-refractivity contribution in [3.63, 3.8) is 0 Å². The fraction of sp³-hybridized carbons (Fsp3) is 0.0909. The summed E-state index contributed by atoms with van der Waals surface area (Å²) in [7, 11) is 0. The van der Waals surface area contributed by atoms with Gasteiger partial charge in [0.05, 0.1) is 4.92 Å². The van der Waals surface area contributed by atoms with Gasteiger partial charge in [-0.3, -0.25) is 10.1 Å². The zero-order valence-corrected chi connectivity index (χ0v) is 12.2. The molecule has 2 N–H and O–H groups in total.